The topological polar surface area (TPSA) is 12.9 Å². The Morgan fingerprint density at radius 3 is 2.17 bits per heavy atom. The Balaban J connectivity index is 2.31. The minimum Gasteiger partial charge on any atom is -0.256 e. The van der Waals surface area contributed by atoms with Crippen LogP contribution < -0.4 is 0 Å². The molecule has 1 aromatic heterocycles. The maximum Gasteiger partial charge on any atom is 0.0793 e. The minimum absolute atomic E-state index is 1.14. The molecular weight excluding hydrogens is 218 g/mol. The van der Waals surface area contributed by atoms with Gasteiger partial charge in [-0.25, -0.2) is 0 Å². The van der Waals surface area contributed by atoms with Gasteiger partial charge in [-0.1, -0.05) is 42.5 Å². The molecule has 0 unspecified atom stereocenters. The van der Waals surface area contributed by atoms with E-state index in [2.05, 4.69) is 53.5 Å². The molecule has 0 spiro atoms. The normalized spacial score (nSPS) is 12.4. The summed E-state index contributed by atoms with van der Waals surface area (Å²) in [5.74, 6) is 0. The average molecular weight is 227 g/mol. The highest BCUT2D eigenvalue weighted by Crippen LogP contribution is 2.45. The first-order chi connectivity index (χ1) is 8.93. The van der Waals surface area contributed by atoms with Gasteiger partial charge in [-0.05, 0) is 27.6 Å². The molecule has 0 amide bonds. The fraction of sp³-hybridized carbons (Fsp3) is 0. The van der Waals surface area contributed by atoms with E-state index in [1.54, 1.807) is 0 Å². The average Bonchev–Trinajstić information content (AvgIpc) is 2.78. The Kier molecular flexibility index (Phi) is 1.30. The van der Waals surface area contributed by atoms with Crippen molar-refractivity contribution in [1.82, 2.24) is 4.98 Å². The summed E-state index contributed by atoms with van der Waals surface area (Å²) in [7, 11) is 0. The zero-order valence-corrected chi connectivity index (χ0v) is 9.64. The highest BCUT2D eigenvalue weighted by Gasteiger charge is 2.20. The number of hydrogen-bond donors (Lipinski definition) is 0. The summed E-state index contributed by atoms with van der Waals surface area (Å²) < 4.78 is 0. The summed E-state index contributed by atoms with van der Waals surface area (Å²) in [5, 5.41) is 7.98. The fourth-order valence-electron chi connectivity index (χ4n) is 3.26. The lowest BCUT2D eigenvalue weighted by atomic mass is 10.0. The summed E-state index contributed by atoms with van der Waals surface area (Å²) in [6.07, 6.45) is 1.91. The van der Waals surface area contributed by atoms with Crippen molar-refractivity contribution in [1.29, 1.82) is 0 Å². The molecule has 0 aliphatic heterocycles. The molecule has 3 aromatic carbocycles. The summed E-state index contributed by atoms with van der Waals surface area (Å²) >= 11 is 0. The molecule has 1 aliphatic rings. The molecule has 1 aliphatic carbocycles. The van der Waals surface area contributed by atoms with Crippen LogP contribution >= 0.6 is 0 Å². The molecule has 0 saturated carbocycles. The second-order valence-electron chi connectivity index (χ2n) is 4.89. The van der Waals surface area contributed by atoms with Gasteiger partial charge in [0.25, 0.3) is 0 Å². The van der Waals surface area contributed by atoms with Gasteiger partial charge in [-0.3, -0.25) is 4.98 Å². The van der Waals surface area contributed by atoms with E-state index in [1.165, 1.54) is 37.9 Å². The zero-order valence-electron chi connectivity index (χ0n) is 9.64. The molecule has 0 bridgehead atoms. The van der Waals surface area contributed by atoms with Crippen molar-refractivity contribution < 1.29 is 0 Å². The van der Waals surface area contributed by atoms with E-state index in [1.807, 2.05) is 6.20 Å². The van der Waals surface area contributed by atoms with E-state index >= 15 is 0 Å². The largest absolute Gasteiger partial charge is 0.256 e. The lowest BCUT2D eigenvalue weighted by Crippen LogP contribution is -1.80. The first-order valence-electron chi connectivity index (χ1n) is 6.17. The second kappa shape index (κ2) is 2.70. The number of rotatable bonds is 0. The third-order valence-electron chi connectivity index (χ3n) is 4.01. The Bertz CT molecular complexity index is 891. The summed E-state index contributed by atoms with van der Waals surface area (Å²) in [6, 6.07) is 17.4. The van der Waals surface area contributed by atoms with Crippen molar-refractivity contribution in [3.05, 3.63) is 54.7 Å². The van der Waals surface area contributed by atoms with Gasteiger partial charge in [-0.15, -0.1) is 0 Å². The number of fused-ring (bicyclic) bond motifs is 1. The third kappa shape index (κ3) is 0.809. The number of pyridine rings is 1. The Morgan fingerprint density at radius 1 is 0.611 bits per heavy atom. The lowest BCUT2D eigenvalue weighted by molar-refractivity contribution is 1.37. The van der Waals surface area contributed by atoms with Crippen molar-refractivity contribution in [3.8, 4) is 11.3 Å². The van der Waals surface area contributed by atoms with Gasteiger partial charge < -0.3 is 0 Å². The maximum absolute atomic E-state index is 4.60. The minimum atomic E-state index is 1.14. The second-order valence-corrected chi connectivity index (χ2v) is 4.89. The van der Waals surface area contributed by atoms with Crippen LogP contribution in [0.2, 0.25) is 0 Å². The standard InChI is InChI=1S/C17H9N/c1-2-10-4-5-11-6-7-12-8-9-18-17-13(3-1)14(10)15(11)16(12)17/h1-9H. The maximum atomic E-state index is 4.60. The van der Waals surface area contributed by atoms with E-state index < -0.39 is 0 Å². The Hall–Kier alpha value is -2.41. The van der Waals surface area contributed by atoms with Gasteiger partial charge in [0.05, 0.1) is 5.69 Å². The van der Waals surface area contributed by atoms with Crippen LogP contribution in [-0.4, -0.2) is 4.98 Å². The van der Waals surface area contributed by atoms with E-state index in [0.29, 0.717) is 0 Å². The molecule has 0 N–H and O–H groups in total. The Morgan fingerprint density at radius 2 is 1.33 bits per heavy atom. The number of hydrogen-bond acceptors (Lipinski definition) is 1. The van der Waals surface area contributed by atoms with Crippen LogP contribution in [0.4, 0.5) is 0 Å². The monoisotopic (exact) mass is 227 g/mol. The summed E-state index contributed by atoms with van der Waals surface area (Å²) in [5.41, 5.74) is 2.43. The van der Waals surface area contributed by atoms with Gasteiger partial charge >= 0.3 is 0 Å². The van der Waals surface area contributed by atoms with Crippen molar-refractivity contribution in [2.75, 3.05) is 0 Å². The van der Waals surface area contributed by atoms with Crippen LogP contribution in [0.25, 0.3) is 43.6 Å². The van der Waals surface area contributed by atoms with Crippen LogP contribution in [0.5, 0.6) is 0 Å². The predicted octanol–water partition coefficient (Wildman–Crippen LogP) is 4.52. The zero-order chi connectivity index (χ0) is 11.7. The van der Waals surface area contributed by atoms with Crippen LogP contribution in [-0.2, 0) is 0 Å². The summed E-state index contributed by atoms with van der Waals surface area (Å²) in [4.78, 5) is 4.60. The van der Waals surface area contributed by atoms with Crippen LogP contribution in [0.3, 0.4) is 0 Å². The molecule has 1 nitrogen and oxygen atoms in total. The van der Waals surface area contributed by atoms with E-state index in [0.717, 1.165) is 5.69 Å². The van der Waals surface area contributed by atoms with Gasteiger partial charge in [0.1, 0.15) is 0 Å². The van der Waals surface area contributed by atoms with E-state index in [-0.39, 0.29) is 0 Å². The summed E-state index contributed by atoms with van der Waals surface area (Å²) in [6.45, 7) is 0. The highest BCUT2D eigenvalue weighted by atomic mass is 14.7. The van der Waals surface area contributed by atoms with Crippen molar-refractivity contribution >= 4 is 32.3 Å². The number of nitrogens with zero attached hydrogens (tertiary/aromatic N) is 1. The molecule has 0 radical (unpaired) electrons. The SMILES string of the molecule is c1cc2c3c(c1)ccc1ccc4ccnc-2c4c13. The van der Waals surface area contributed by atoms with Gasteiger partial charge in [-0.2, -0.15) is 0 Å². The number of benzene rings is 3. The first-order valence-corrected chi connectivity index (χ1v) is 6.17. The molecule has 5 rings (SSSR count). The van der Waals surface area contributed by atoms with Crippen LogP contribution in [0, 0.1) is 0 Å². The van der Waals surface area contributed by atoms with Gasteiger partial charge in [0.2, 0.25) is 0 Å². The predicted molar refractivity (Wildman–Crippen MR) is 75.7 cm³/mol. The molecular formula is C17H9N. The Labute approximate surface area is 104 Å². The van der Waals surface area contributed by atoms with Crippen LogP contribution in [0.1, 0.15) is 0 Å². The van der Waals surface area contributed by atoms with Crippen molar-refractivity contribution in [3.63, 3.8) is 0 Å². The molecule has 0 atom stereocenters. The van der Waals surface area contributed by atoms with E-state index in [4.69, 9.17) is 0 Å². The molecule has 0 saturated heterocycles. The highest BCUT2D eigenvalue weighted by molar-refractivity contribution is 6.31. The molecule has 18 heavy (non-hydrogen) atoms. The van der Waals surface area contributed by atoms with E-state index in [9.17, 15) is 0 Å². The van der Waals surface area contributed by atoms with Crippen LogP contribution in [0.15, 0.2) is 54.7 Å². The van der Waals surface area contributed by atoms with Crippen molar-refractivity contribution in [2.45, 2.75) is 0 Å². The molecule has 1 heterocycles. The quantitative estimate of drug-likeness (QED) is 0.354. The smallest absolute Gasteiger partial charge is 0.0793 e. The molecule has 4 aromatic rings. The molecule has 1 heteroatoms. The number of aromatic nitrogens is 1. The van der Waals surface area contributed by atoms with Crippen molar-refractivity contribution in [2.24, 2.45) is 0 Å². The van der Waals surface area contributed by atoms with Gasteiger partial charge in [0, 0.05) is 22.5 Å². The molecule has 82 valence electrons. The first kappa shape index (κ1) is 8.65. The fourth-order valence-corrected chi connectivity index (χ4v) is 3.26. The van der Waals surface area contributed by atoms with Gasteiger partial charge in [0.15, 0.2) is 0 Å². The molecule has 0 fully saturated rings. The lowest BCUT2D eigenvalue weighted by Gasteiger charge is -2.02. The third-order valence-corrected chi connectivity index (χ3v) is 4.01.